The van der Waals surface area contributed by atoms with E-state index in [9.17, 15) is 0 Å². The van der Waals surface area contributed by atoms with Gasteiger partial charge >= 0.3 is 0 Å². The van der Waals surface area contributed by atoms with Crippen molar-refractivity contribution in [2.24, 2.45) is 0 Å². The van der Waals surface area contributed by atoms with Gasteiger partial charge in [0.1, 0.15) is 5.65 Å². The molecular weight excluding hydrogens is 611 g/mol. The lowest BCUT2D eigenvalue weighted by Crippen LogP contribution is -2.15. The maximum absolute atomic E-state index is 5.15. The van der Waals surface area contributed by atoms with Crippen LogP contribution in [0.25, 0.3) is 83.7 Å². The highest BCUT2D eigenvalue weighted by molar-refractivity contribution is 6.08. The van der Waals surface area contributed by atoms with Gasteiger partial charge in [0.2, 0.25) is 0 Å². The minimum Gasteiger partial charge on any atom is -0.294 e. The van der Waals surface area contributed by atoms with Gasteiger partial charge < -0.3 is 0 Å². The lowest BCUT2D eigenvalue weighted by Gasteiger charge is -2.23. The Balaban J connectivity index is 1.12. The van der Waals surface area contributed by atoms with Crippen LogP contribution in [-0.2, 0) is 5.41 Å². The fraction of sp³-hybridized carbons (Fsp3) is 0.0667. The Kier molecular flexibility index (Phi) is 6.15. The van der Waals surface area contributed by atoms with Gasteiger partial charge in [-0.1, -0.05) is 123 Å². The predicted molar refractivity (Wildman–Crippen MR) is 203 cm³/mol. The number of rotatable bonds is 4. The first-order valence-electron chi connectivity index (χ1n) is 17.0. The van der Waals surface area contributed by atoms with Crippen molar-refractivity contribution in [2.45, 2.75) is 19.3 Å². The van der Waals surface area contributed by atoms with Crippen LogP contribution in [0.5, 0.6) is 0 Å². The molecule has 0 saturated carbocycles. The molecule has 5 heteroatoms. The second-order valence-corrected chi connectivity index (χ2v) is 13.5. The van der Waals surface area contributed by atoms with Crippen LogP contribution in [0.2, 0.25) is 0 Å². The number of fused-ring (bicyclic) bond motifs is 7. The summed E-state index contributed by atoms with van der Waals surface area (Å²) in [5, 5.41) is 4.64. The molecule has 1 aliphatic carbocycles. The van der Waals surface area contributed by atoms with Gasteiger partial charge in [0, 0.05) is 44.8 Å². The van der Waals surface area contributed by atoms with Crippen molar-refractivity contribution in [1.82, 2.24) is 24.5 Å². The number of pyridine rings is 1. The van der Waals surface area contributed by atoms with Crippen LogP contribution >= 0.6 is 0 Å². The molecule has 236 valence electrons. The first-order valence-corrected chi connectivity index (χ1v) is 17.0. The Morgan fingerprint density at radius 1 is 0.480 bits per heavy atom. The summed E-state index contributed by atoms with van der Waals surface area (Å²) >= 11 is 0. The summed E-state index contributed by atoms with van der Waals surface area (Å²) in [5.41, 5.74) is 10.9. The van der Waals surface area contributed by atoms with Gasteiger partial charge in [-0.15, -0.1) is 0 Å². The van der Waals surface area contributed by atoms with E-state index in [1.165, 1.54) is 27.6 Å². The Labute approximate surface area is 289 Å². The smallest absolute Gasteiger partial charge is 0.164 e. The molecule has 0 radical (unpaired) electrons. The Morgan fingerprint density at radius 3 is 2.00 bits per heavy atom. The van der Waals surface area contributed by atoms with E-state index >= 15 is 0 Å². The third kappa shape index (κ3) is 4.26. The van der Waals surface area contributed by atoms with Gasteiger partial charge in [0.05, 0.1) is 5.52 Å². The minimum atomic E-state index is -0.253. The number of hydrogen-bond donors (Lipinski definition) is 0. The van der Waals surface area contributed by atoms with Crippen molar-refractivity contribution in [3.8, 4) is 51.0 Å². The summed E-state index contributed by atoms with van der Waals surface area (Å²) in [6.07, 6.45) is 1.88. The van der Waals surface area contributed by atoms with E-state index < -0.39 is 0 Å². The second kappa shape index (κ2) is 10.8. The van der Waals surface area contributed by atoms with Crippen molar-refractivity contribution in [3.63, 3.8) is 0 Å². The molecule has 0 saturated heterocycles. The van der Waals surface area contributed by atoms with Gasteiger partial charge in [-0.2, -0.15) is 0 Å². The molecule has 1 aliphatic rings. The second-order valence-electron chi connectivity index (χ2n) is 13.5. The van der Waals surface area contributed by atoms with Gasteiger partial charge in [0.15, 0.2) is 17.5 Å². The zero-order valence-electron chi connectivity index (χ0n) is 27.7. The van der Waals surface area contributed by atoms with E-state index in [-0.39, 0.29) is 5.41 Å². The molecule has 0 bridgehead atoms. The molecule has 9 aromatic rings. The van der Waals surface area contributed by atoms with E-state index in [0.29, 0.717) is 17.5 Å². The van der Waals surface area contributed by atoms with Crippen molar-refractivity contribution in [3.05, 3.63) is 163 Å². The summed E-state index contributed by atoms with van der Waals surface area (Å²) in [6, 6.07) is 51.1. The molecule has 0 N–H and O–H groups in total. The summed E-state index contributed by atoms with van der Waals surface area (Å²) in [6.45, 7) is 4.64. The summed E-state index contributed by atoms with van der Waals surface area (Å²) in [4.78, 5) is 20.1. The maximum atomic E-state index is 5.15. The quantitative estimate of drug-likeness (QED) is 0.192. The van der Waals surface area contributed by atoms with Crippen molar-refractivity contribution >= 4 is 32.7 Å². The highest BCUT2D eigenvalue weighted by atomic mass is 15.0. The average molecular weight is 642 g/mol. The zero-order chi connectivity index (χ0) is 33.4. The average Bonchev–Trinajstić information content (AvgIpc) is 3.62. The molecule has 6 aromatic carbocycles. The molecule has 3 aromatic heterocycles. The fourth-order valence-electron chi connectivity index (χ4n) is 7.82. The van der Waals surface area contributed by atoms with Crippen LogP contribution in [0, 0.1) is 0 Å². The molecule has 0 aliphatic heterocycles. The van der Waals surface area contributed by atoms with Crippen molar-refractivity contribution < 1.29 is 0 Å². The third-order valence-corrected chi connectivity index (χ3v) is 10.3. The molecule has 3 heterocycles. The van der Waals surface area contributed by atoms with Crippen LogP contribution < -0.4 is 0 Å². The number of aromatic nitrogens is 5. The largest absolute Gasteiger partial charge is 0.294 e. The van der Waals surface area contributed by atoms with Crippen LogP contribution in [0.1, 0.15) is 25.0 Å². The standard InChI is InChI=1S/C45H31N5/c1-45(2)38-26-30(42-47-41(29-13-4-3-5-14-29)48-43(49-42)36-18-10-15-28-12-6-7-16-32(28)36)21-23-33(38)34-24-22-31(27-39(34)45)50-40-20-9-8-17-35(40)37-19-11-25-46-44(37)50/h3-27H,1-2H3. The van der Waals surface area contributed by atoms with Gasteiger partial charge in [-0.3, -0.25) is 4.57 Å². The van der Waals surface area contributed by atoms with Crippen LogP contribution in [0.4, 0.5) is 0 Å². The van der Waals surface area contributed by atoms with Gasteiger partial charge in [-0.25, -0.2) is 19.9 Å². The molecule has 5 nitrogen and oxygen atoms in total. The molecule has 10 rings (SSSR count). The molecule has 0 amide bonds. The van der Waals surface area contributed by atoms with Crippen molar-refractivity contribution in [1.29, 1.82) is 0 Å². The normalized spacial score (nSPS) is 13.2. The fourth-order valence-corrected chi connectivity index (χ4v) is 7.82. The Morgan fingerprint density at radius 2 is 1.14 bits per heavy atom. The van der Waals surface area contributed by atoms with E-state index in [2.05, 4.69) is 140 Å². The molecule has 0 atom stereocenters. The Hall–Kier alpha value is -6.46. The summed E-state index contributed by atoms with van der Waals surface area (Å²) in [7, 11) is 0. The number of hydrogen-bond acceptors (Lipinski definition) is 4. The molecule has 50 heavy (non-hydrogen) atoms. The van der Waals surface area contributed by atoms with E-state index in [4.69, 9.17) is 19.9 Å². The zero-order valence-corrected chi connectivity index (χ0v) is 27.7. The van der Waals surface area contributed by atoms with E-state index in [1.807, 2.05) is 30.5 Å². The van der Waals surface area contributed by atoms with Crippen molar-refractivity contribution in [2.75, 3.05) is 0 Å². The van der Waals surface area contributed by atoms with Crippen LogP contribution in [-0.4, -0.2) is 24.5 Å². The van der Waals surface area contributed by atoms with Crippen LogP contribution in [0.15, 0.2) is 152 Å². The lowest BCUT2D eigenvalue weighted by atomic mass is 9.82. The Bertz CT molecular complexity index is 2740. The monoisotopic (exact) mass is 641 g/mol. The number of para-hydroxylation sites is 1. The van der Waals surface area contributed by atoms with Crippen LogP contribution in [0.3, 0.4) is 0 Å². The van der Waals surface area contributed by atoms with E-state index in [0.717, 1.165) is 49.7 Å². The lowest BCUT2D eigenvalue weighted by molar-refractivity contribution is 0.660. The first kappa shape index (κ1) is 28.5. The maximum Gasteiger partial charge on any atom is 0.164 e. The molecular formula is C45H31N5. The highest BCUT2D eigenvalue weighted by Gasteiger charge is 2.36. The molecule has 0 fully saturated rings. The molecule has 0 spiro atoms. The molecule has 0 unspecified atom stereocenters. The first-order chi connectivity index (χ1) is 24.5. The summed E-state index contributed by atoms with van der Waals surface area (Å²) < 4.78 is 2.29. The third-order valence-electron chi connectivity index (χ3n) is 10.3. The minimum absolute atomic E-state index is 0.253. The predicted octanol–water partition coefficient (Wildman–Crippen LogP) is 10.8. The van der Waals surface area contributed by atoms with E-state index in [1.54, 1.807) is 0 Å². The summed E-state index contributed by atoms with van der Waals surface area (Å²) in [5.74, 6) is 1.98. The SMILES string of the molecule is CC1(C)c2cc(-c3nc(-c4ccccc4)nc(-c4cccc5ccccc45)n3)ccc2-c2ccc(-n3c4ccccc4c4cccnc43)cc21. The highest BCUT2D eigenvalue weighted by Crippen LogP contribution is 2.50. The van der Waals surface area contributed by atoms with Gasteiger partial charge in [0.25, 0.3) is 0 Å². The number of benzene rings is 6. The van der Waals surface area contributed by atoms with Gasteiger partial charge in [-0.05, 0) is 69.4 Å². The number of nitrogens with zero attached hydrogens (tertiary/aromatic N) is 5. The topological polar surface area (TPSA) is 56.5 Å².